The van der Waals surface area contributed by atoms with Crippen LogP contribution in [0.5, 0.6) is 0 Å². The molecule has 1 rings (SSSR count). The zero-order chi connectivity index (χ0) is 13.7. The molecule has 0 aliphatic rings. The predicted octanol–water partition coefficient (Wildman–Crippen LogP) is 0.888. The van der Waals surface area contributed by atoms with Gasteiger partial charge in [-0.25, -0.2) is 0 Å². The highest BCUT2D eigenvalue weighted by molar-refractivity contribution is 6.00. The van der Waals surface area contributed by atoms with Crippen molar-refractivity contribution < 1.29 is 9.59 Å². The fourth-order valence-corrected chi connectivity index (χ4v) is 1.51. The van der Waals surface area contributed by atoms with Crippen LogP contribution < -0.4 is 5.32 Å². The quantitative estimate of drug-likeness (QED) is 0.862. The Kier molecular flexibility index (Phi) is 4.71. The number of carbonyl (C=O) groups excluding carboxylic acids is 2. The van der Waals surface area contributed by atoms with Crippen molar-refractivity contribution in [2.45, 2.75) is 0 Å². The average Bonchev–Trinajstić information content (AvgIpc) is 2.37. The molecule has 5 heteroatoms. The molecule has 0 aromatic heterocycles. The van der Waals surface area contributed by atoms with E-state index in [0.717, 1.165) is 5.69 Å². The van der Waals surface area contributed by atoms with Gasteiger partial charge in [0, 0.05) is 33.9 Å². The summed E-state index contributed by atoms with van der Waals surface area (Å²) in [5.74, 6) is -0.275. The molecule has 0 saturated heterocycles. The van der Waals surface area contributed by atoms with Gasteiger partial charge in [0.05, 0.1) is 12.1 Å². The number of likely N-dealkylation sites (N-methyl/N-ethyl adjacent to an activating group) is 2. The third-order valence-corrected chi connectivity index (χ3v) is 2.64. The predicted molar refractivity (Wildman–Crippen MR) is 71.6 cm³/mol. The van der Waals surface area contributed by atoms with E-state index in [0.29, 0.717) is 5.56 Å². The SMILES string of the molecule is CNc1ccccc1C(=O)N(C)CC(=O)N(C)C. The van der Waals surface area contributed by atoms with Crippen LogP contribution in [0.2, 0.25) is 0 Å². The summed E-state index contributed by atoms with van der Waals surface area (Å²) in [5, 5.41) is 2.96. The zero-order valence-corrected chi connectivity index (χ0v) is 11.2. The van der Waals surface area contributed by atoms with Crippen molar-refractivity contribution in [1.29, 1.82) is 0 Å². The lowest BCUT2D eigenvalue weighted by Crippen LogP contribution is -2.37. The summed E-state index contributed by atoms with van der Waals surface area (Å²) in [4.78, 5) is 26.6. The van der Waals surface area contributed by atoms with Gasteiger partial charge < -0.3 is 15.1 Å². The first kappa shape index (κ1) is 14.0. The van der Waals surface area contributed by atoms with E-state index in [4.69, 9.17) is 0 Å². The number of anilines is 1. The fraction of sp³-hybridized carbons (Fsp3) is 0.385. The minimum absolute atomic E-state index is 0.0733. The second kappa shape index (κ2) is 6.05. The smallest absolute Gasteiger partial charge is 0.256 e. The van der Waals surface area contributed by atoms with E-state index in [1.807, 2.05) is 12.1 Å². The summed E-state index contributed by atoms with van der Waals surface area (Å²) in [6, 6.07) is 7.23. The summed E-state index contributed by atoms with van der Waals surface area (Å²) in [7, 11) is 6.72. The monoisotopic (exact) mass is 249 g/mol. The molecule has 0 bridgehead atoms. The maximum Gasteiger partial charge on any atom is 0.256 e. The number of amides is 2. The van der Waals surface area contributed by atoms with E-state index in [2.05, 4.69) is 5.32 Å². The molecule has 0 saturated carbocycles. The molecule has 2 amide bonds. The van der Waals surface area contributed by atoms with Gasteiger partial charge in [0.2, 0.25) is 5.91 Å². The minimum atomic E-state index is -0.171. The average molecular weight is 249 g/mol. The fourth-order valence-electron chi connectivity index (χ4n) is 1.51. The number of hydrogen-bond acceptors (Lipinski definition) is 3. The molecule has 18 heavy (non-hydrogen) atoms. The van der Waals surface area contributed by atoms with Gasteiger partial charge in [-0.1, -0.05) is 12.1 Å². The van der Waals surface area contributed by atoms with Gasteiger partial charge in [-0.3, -0.25) is 9.59 Å². The first-order valence-electron chi connectivity index (χ1n) is 5.69. The lowest BCUT2D eigenvalue weighted by Gasteiger charge is -2.20. The number of nitrogens with zero attached hydrogens (tertiary/aromatic N) is 2. The number of hydrogen-bond donors (Lipinski definition) is 1. The molecule has 98 valence electrons. The Labute approximate surface area is 107 Å². The summed E-state index contributed by atoms with van der Waals surface area (Å²) < 4.78 is 0. The van der Waals surface area contributed by atoms with E-state index in [-0.39, 0.29) is 18.4 Å². The molecule has 0 aliphatic carbocycles. The first-order chi connectivity index (χ1) is 8.47. The normalized spacial score (nSPS) is 9.78. The van der Waals surface area contributed by atoms with Crippen LogP contribution in [0.4, 0.5) is 5.69 Å². The number of nitrogens with one attached hydrogen (secondary N) is 1. The van der Waals surface area contributed by atoms with Crippen molar-refractivity contribution in [2.24, 2.45) is 0 Å². The van der Waals surface area contributed by atoms with Crippen LogP contribution in [0.25, 0.3) is 0 Å². The molecule has 0 unspecified atom stereocenters. The standard InChI is InChI=1S/C13H19N3O2/c1-14-11-8-6-5-7-10(11)13(18)16(4)9-12(17)15(2)3/h5-8,14H,9H2,1-4H3. The van der Waals surface area contributed by atoms with Gasteiger partial charge in [-0.2, -0.15) is 0 Å². The van der Waals surface area contributed by atoms with Crippen molar-refractivity contribution in [3.8, 4) is 0 Å². The minimum Gasteiger partial charge on any atom is -0.387 e. The Morgan fingerprint density at radius 3 is 2.33 bits per heavy atom. The molecular formula is C13H19N3O2. The van der Waals surface area contributed by atoms with Crippen LogP contribution in [0.3, 0.4) is 0 Å². The highest BCUT2D eigenvalue weighted by atomic mass is 16.2. The molecule has 1 aromatic carbocycles. The highest BCUT2D eigenvalue weighted by Gasteiger charge is 2.17. The lowest BCUT2D eigenvalue weighted by atomic mass is 10.1. The maximum atomic E-state index is 12.2. The first-order valence-corrected chi connectivity index (χ1v) is 5.69. The lowest BCUT2D eigenvalue weighted by molar-refractivity contribution is -0.129. The highest BCUT2D eigenvalue weighted by Crippen LogP contribution is 2.15. The van der Waals surface area contributed by atoms with E-state index in [1.165, 1.54) is 9.80 Å². The Hall–Kier alpha value is -2.04. The molecule has 0 fully saturated rings. The Morgan fingerprint density at radius 1 is 1.17 bits per heavy atom. The number of rotatable bonds is 4. The van der Waals surface area contributed by atoms with Gasteiger partial charge in [0.1, 0.15) is 0 Å². The second-order valence-electron chi connectivity index (χ2n) is 4.24. The van der Waals surface area contributed by atoms with Gasteiger partial charge in [0.15, 0.2) is 0 Å². The Balaban J connectivity index is 2.83. The third-order valence-electron chi connectivity index (χ3n) is 2.64. The van der Waals surface area contributed by atoms with Crippen molar-refractivity contribution >= 4 is 17.5 Å². The molecule has 0 spiro atoms. The van der Waals surface area contributed by atoms with E-state index >= 15 is 0 Å². The summed E-state index contributed by atoms with van der Waals surface area (Å²) in [6.45, 7) is 0.0733. The molecule has 1 aromatic rings. The van der Waals surface area contributed by atoms with E-state index in [1.54, 1.807) is 40.3 Å². The van der Waals surface area contributed by atoms with Crippen LogP contribution in [-0.4, -0.2) is 56.3 Å². The third kappa shape index (κ3) is 3.23. The second-order valence-corrected chi connectivity index (χ2v) is 4.24. The van der Waals surface area contributed by atoms with E-state index < -0.39 is 0 Å². The van der Waals surface area contributed by atoms with Gasteiger partial charge in [-0.15, -0.1) is 0 Å². The molecule has 1 N–H and O–H groups in total. The van der Waals surface area contributed by atoms with Crippen molar-refractivity contribution in [1.82, 2.24) is 9.80 Å². The molecule has 0 radical (unpaired) electrons. The van der Waals surface area contributed by atoms with Crippen molar-refractivity contribution in [2.75, 3.05) is 40.1 Å². The topological polar surface area (TPSA) is 52.7 Å². The van der Waals surface area contributed by atoms with E-state index in [9.17, 15) is 9.59 Å². The van der Waals surface area contributed by atoms with Crippen LogP contribution >= 0.6 is 0 Å². The van der Waals surface area contributed by atoms with Gasteiger partial charge >= 0.3 is 0 Å². The molecule has 0 atom stereocenters. The molecule has 5 nitrogen and oxygen atoms in total. The zero-order valence-electron chi connectivity index (χ0n) is 11.2. The van der Waals surface area contributed by atoms with Crippen LogP contribution in [0.15, 0.2) is 24.3 Å². The number of para-hydroxylation sites is 1. The molecular weight excluding hydrogens is 230 g/mol. The summed E-state index contributed by atoms with van der Waals surface area (Å²) in [5.41, 5.74) is 1.32. The summed E-state index contributed by atoms with van der Waals surface area (Å²) in [6.07, 6.45) is 0. The molecule has 0 aliphatic heterocycles. The van der Waals surface area contributed by atoms with Crippen LogP contribution in [0.1, 0.15) is 10.4 Å². The van der Waals surface area contributed by atoms with Crippen LogP contribution in [0, 0.1) is 0 Å². The maximum absolute atomic E-state index is 12.2. The molecule has 0 heterocycles. The van der Waals surface area contributed by atoms with Gasteiger partial charge in [0.25, 0.3) is 5.91 Å². The van der Waals surface area contributed by atoms with Gasteiger partial charge in [-0.05, 0) is 12.1 Å². The van der Waals surface area contributed by atoms with Crippen molar-refractivity contribution in [3.05, 3.63) is 29.8 Å². The Morgan fingerprint density at radius 2 is 1.78 bits per heavy atom. The largest absolute Gasteiger partial charge is 0.387 e. The Bertz CT molecular complexity index is 444. The summed E-state index contributed by atoms with van der Waals surface area (Å²) >= 11 is 0. The van der Waals surface area contributed by atoms with Crippen molar-refractivity contribution in [3.63, 3.8) is 0 Å². The number of carbonyl (C=O) groups is 2. The number of benzene rings is 1. The van der Waals surface area contributed by atoms with Crippen LogP contribution in [-0.2, 0) is 4.79 Å².